The van der Waals surface area contributed by atoms with E-state index in [2.05, 4.69) is 34.5 Å². The van der Waals surface area contributed by atoms with Crippen LogP contribution in [0.1, 0.15) is 31.2 Å². The highest BCUT2D eigenvalue weighted by Crippen LogP contribution is 2.22. The predicted molar refractivity (Wildman–Crippen MR) is 99.1 cm³/mol. The van der Waals surface area contributed by atoms with Crippen molar-refractivity contribution in [3.05, 3.63) is 35.9 Å². The fourth-order valence-electron chi connectivity index (χ4n) is 3.83. The van der Waals surface area contributed by atoms with Crippen LogP contribution < -0.4 is 5.32 Å². The number of nitrogens with one attached hydrogen (secondary N) is 1. The minimum atomic E-state index is -2.94. The minimum absolute atomic E-state index is 0.0372. The zero-order valence-corrected chi connectivity index (χ0v) is 15.5. The van der Waals surface area contributed by atoms with Crippen molar-refractivity contribution in [3.8, 4) is 0 Å². The molecular formula is C19H28N2O3S. The second-order valence-corrected chi connectivity index (χ2v) is 9.64. The van der Waals surface area contributed by atoms with Crippen molar-refractivity contribution in [3.63, 3.8) is 0 Å². The number of likely N-dealkylation sites (tertiary alicyclic amines) is 1. The van der Waals surface area contributed by atoms with E-state index in [1.165, 1.54) is 12.0 Å². The van der Waals surface area contributed by atoms with E-state index >= 15 is 0 Å². The molecule has 2 aliphatic rings. The first-order chi connectivity index (χ1) is 12.0. The quantitative estimate of drug-likeness (QED) is 0.833. The van der Waals surface area contributed by atoms with Crippen molar-refractivity contribution < 1.29 is 13.2 Å². The Hall–Kier alpha value is -1.40. The molecule has 1 amide bonds. The molecule has 2 heterocycles. The van der Waals surface area contributed by atoms with Crippen LogP contribution in [0.15, 0.2) is 30.3 Å². The Balaban J connectivity index is 1.34. The van der Waals surface area contributed by atoms with E-state index in [9.17, 15) is 13.2 Å². The molecule has 0 unspecified atom stereocenters. The number of hydrogen-bond acceptors (Lipinski definition) is 4. The monoisotopic (exact) mass is 364 g/mol. The third kappa shape index (κ3) is 5.82. The fourth-order valence-corrected chi connectivity index (χ4v) is 5.51. The normalized spacial score (nSPS) is 24.2. The summed E-state index contributed by atoms with van der Waals surface area (Å²) in [5.74, 6) is 0.995. The number of amides is 1. The lowest BCUT2D eigenvalue weighted by Gasteiger charge is -2.31. The molecule has 6 heteroatoms. The van der Waals surface area contributed by atoms with Crippen LogP contribution in [-0.2, 0) is 21.1 Å². The Morgan fingerprint density at radius 1 is 1.12 bits per heavy atom. The van der Waals surface area contributed by atoms with Gasteiger partial charge in [0.1, 0.15) is 0 Å². The number of aryl methyl sites for hydroxylation is 1. The molecule has 5 nitrogen and oxygen atoms in total. The third-order valence-electron chi connectivity index (χ3n) is 5.36. The molecular weight excluding hydrogens is 336 g/mol. The van der Waals surface area contributed by atoms with Crippen LogP contribution in [0.4, 0.5) is 0 Å². The van der Waals surface area contributed by atoms with E-state index in [-0.39, 0.29) is 23.5 Å². The number of sulfone groups is 1. The van der Waals surface area contributed by atoms with Crippen molar-refractivity contribution in [2.45, 2.75) is 38.1 Å². The van der Waals surface area contributed by atoms with Crippen LogP contribution in [0.25, 0.3) is 0 Å². The standard InChI is InChI=1S/C19H28N2O3S/c22-19(20-18-10-13-25(23,24)15-18)14-21-11-8-17(9-12-21)7-6-16-4-2-1-3-5-16/h1-5,17-18H,6-15H2,(H,20,22)/t18-/m0/s1. The van der Waals surface area contributed by atoms with Crippen LogP contribution in [0.5, 0.6) is 0 Å². The van der Waals surface area contributed by atoms with Gasteiger partial charge in [-0.15, -0.1) is 0 Å². The maximum Gasteiger partial charge on any atom is 0.234 e. The summed E-state index contributed by atoms with van der Waals surface area (Å²) in [6, 6.07) is 10.4. The SMILES string of the molecule is O=C(CN1CCC(CCc2ccccc2)CC1)N[C@H]1CCS(=O)(=O)C1. The summed E-state index contributed by atoms with van der Waals surface area (Å²) in [4.78, 5) is 14.3. The zero-order valence-electron chi connectivity index (χ0n) is 14.7. The topological polar surface area (TPSA) is 66.5 Å². The van der Waals surface area contributed by atoms with Crippen molar-refractivity contribution >= 4 is 15.7 Å². The Morgan fingerprint density at radius 3 is 2.48 bits per heavy atom. The van der Waals surface area contributed by atoms with E-state index in [1.54, 1.807) is 0 Å². The molecule has 0 spiro atoms. The first-order valence-electron chi connectivity index (χ1n) is 9.26. The second-order valence-electron chi connectivity index (χ2n) is 7.41. The van der Waals surface area contributed by atoms with Crippen LogP contribution >= 0.6 is 0 Å². The summed E-state index contributed by atoms with van der Waals surface area (Å²) >= 11 is 0. The number of nitrogens with zero attached hydrogens (tertiary/aromatic N) is 1. The molecule has 1 aromatic carbocycles. The van der Waals surface area contributed by atoms with E-state index in [0.29, 0.717) is 13.0 Å². The molecule has 25 heavy (non-hydrogen) atoms. The molecule has 2 saturated heterocycles. The number of carbonyl (C=O) groups is 1. The molecule has 1 N–H and O–H groups in total. The van der Waals surface area contributed by atoms with E-state index in [0.717, 1.165) is 38.3 Å². The van der Waals surface area contributed by atoms with Crippen molar-refractivity contribution in [1.29, 1.82) is 0 Å². The van der Waals surface area contributed by atoms with Gasteiger partial charge in [-0.2, -0.15) is 0 Å². The largest absolute Gasteiger partial charge is 0.351 e. The number of hydrogen-bond donors (Lipinski definition) is 1. The molecule has 0 radical (unpaired) electrons. The Bertz CT molecular complexity index is 667. The first kappa shape index (κ1) is 18.4. The highest BCUT2D eigenvalue weighted by molar-refractivity contribution is 7.91. The molecule has 0 bridgehead atoms. The number of benzene rings is 1. The highest BCUT2D eigenvalue weighted by atomic mass is 32.2. The molecule has 0 saturated carbocycles. The molecule has 2 aliphatic heterocycles. The van der Waals surface area contributed by atoms with Crippen molar-refractivity contribution in [1.82, 2.24) is 10.2 Å². The summed E-state index contributed by atoms with van der Waals surface area (Å²) in [6.07, 6.45) is 5.16. The summed E-state index contributed by atoms with van der Waals surface area (Å²) in [5, 5.41) is 2.88. The van der Waals surface area contributed by atoms with Crippen molar-refractivity contribution in [2.24, 2.45) is 5.92 Å². The smallest absolute Gasteiger partial charge is 0.234 e. The Labute approximate surface area is 150 Å². The Kier molecular flexibility index (Phi) is 6.12. The average Bonchev–Trinajstić information content (AvgIpc) is 2.93. The zero-order chi connectivity index (χ0) is 17.7. The van der Waals surface area contributed by atoms with Crippen LogP contribution in [0.3, 0.4) is 0 Å². The van der Waals surface area contributed by atoms with Crippen molar-refractivity contribution in [2.75, 3.05) is 31.1 Å². The van der Waals surface area contributed by atoms with Gasteiger partial charge in [-0.3, -0.25) is 9.69 Å². The van der Waals surface area contributed by atoms with Crippen LogP contribution in [0.2, 0.25) is 0 Å². The molecule has 1 atom stereocenters. The van der Waals surface area contributed by atoms with E-state index < -0.39 is 9.84 Å². The molecule has 0 aromatic heterocycles. The summed E-state index contributed by atoms with van der Waals surface area (Å²) in [6.45, 7) is 2.30. The molecule has 0 aliphatic carbocycles. The minimum Gasteiger partial charge on any atom is -0.351 e. The molecule has 2 fully saturated rings. The van der Waals surface area contributed by atoms with Crippen LogP contribution in [-0.4, -0.2) is 56.4 Å². The van der Waals surface area contributed by atoms with Gasteiger partial charge >= 0.3 is 0 Å². The van der Waals surface area contributed by atoms with Gasteiger partial charge < -0.3 is 5.32 Å². The number of carbonyl (C=O) groups excluding carboxylic acids is 1. The predicted octanol–water partition coefficient (Wildman–Crippen LogP) is 1.63. The molecule has 1 aromatic rings. The average molecular weight is 365 g/mol. The summed E-state index contributed by atoms with van der Waals surface area (Å²) < 4.78 is 22.9. The van der Waals surface area contributed by atoms with Gasteiger partial charge in [0, 0.05) is 6.04 Å². The van der Waals surface area contributed by atoms with Gasteiger partial charge in [0.15, 0.2) is 9.84 Å². The number of piperidine rings is 1. The lowest BCUT2D eigenvalue weighted by atomic mass is 9.90. The molecule has 138 valence electrons. The second kappa shape index (κ2) is 8.32. The van der Waals surface area contributed by atoms with Gasteiger partial charge in [0.2, 0.25) is 5.91 Å². The van der Waals surface area contributed by atoms with Gasteiger partial charge in [-0.25, -0.2) is 8.42 Å². The van der Waals surface area contributed by atoms with Gasteiger partial charge in [-0.05, 0) is 56.7 Å². The van der Waals surface area contributed by atoms with Gasteiger partial charge in [0.25, 0.3) is 0 Å². The highest BCUT2D eigenvalue weighted by Gasteiger charge is 2.29. The number of rotatable bonds is 6. The van der Waals surface area contributed by atoms with E-state index in [4.69, 9.17) is 0 Å². The Morgan fingerprint density at radius 2 is 1.84 bits per heavy atom. The summed E-state index contributed by atoms with van der Waals surface area (Å²) in [7, 11) is -2.94. The van der Waals surface area contributed by atoms with E-state index in [1.807, 2.05) is 6.07 Å². The first-order valence-corrected chi connectivity index (χ1v) is 11.1. The lowest BCUT2D eigenvalue weighted by molar-refractivity contribution is -0.123. The summed E-state index contributed by atoms with van der Waals surface area (Å²) in [5.41, 5.74) is 1.40. The van der Waals surface area contributed by atoms with Gasteiger partial charge in [-0.1, -0.05) is 30.3 Å². The van der Waals surface area contributed by atoms with Gasteiger partial charge in [0.05, 0.1) is 18.1 Å². The van der Waals surface area contributed by atoms with Crippen LogP contribution in [0, 0.1) is 5.92 Å². The maximum atomic E-state index is 12.1. The maximum absolute atomic E-state index is 12.1. The lowest BCUT2D eigenvalue weighted by Crippen LogP contribution is -2.45. The molecule has 3 rings (SSSR count). The fraction of sp³-hybridized carbons (Fsp3) is 0.632. The third-order valence-corrected chi connectivity index (χ3v) is 7.12.